The SMILES string of the molecule is Cc1cc(NC(=O)C2(C)CCCCC2)ccc1N. The van der Waals surface area contributed by atoms with E-state index in [1.165, 1.54) is 6.42 Å². The van der Waals surface area contributed by atoms with E-state index < -0.39 is 0 Å². The molecule has 1 aliphatic rings. The predicted octanol–water partition coefficient (Wildman–Crippen LogP) is 3.49. The van der Waals surface area contributed by atoms with Crippen molar-refractivity contribution in [2.45, 2.75) is 46.0 Å². The van der Waals surface area contributed by atoms with Crippen molar-refractivity contribution in [3.63, 3.8) is 0 Å². The van der Waals surface area contributed by atoms with Gasteiger partial charge >= 0.3 is 0 Å². The van der Waals surface area contributed by atoms with Gasteiger partial charge in [-0.05, 0) is 43.5 Å². The van der Waals surface area contributed by atoms with Crippen LogP contribution >= 0.6 is 0 Å². The lowest BCUT2D eigenvalue weighted by atomic mass is 9.75. The molecule has 0 bridgehead atoms. The zero-order valence-corrected chi connectivity index (χ0v) is 11.3. The highest BCUT2D eigenvalue weighted by Crippen LogP contribution is 2.36. The number of carbonyl (C=O) groups is 1. The number of nitrogens with two attached hydrogens (primary N) is 1. The molecule has 3 heteroatoms. The molecule has 3 N–H and O–H groups in total. The molecule has 0 unspecified atom stereocenters. The molecule has 0 aromatic heterocycles. The Hall–Kier alpha value is -1.51. The number of aryl methyl sites for hydroxylation is 1. The first-order valence-corrected chi connectivity index (χ1v) is 6.69. The van der Waals surface area contributed by atoms with Gasteiger partial charge in [0.25, 0.3) is 0 Å². The van der Waals surface area contributed by atoms with Gasteiger partial charge in [-0.25, -0.2) is 0 Å². The summed E-state index contributed by atoms with van der Waals surface area (Å²) in [6, 6.07) is 5.64. The van der Waals surface area contributed by atoms with E-state index in [4.69, 9.17) is 5.73 Å². The van der Waals surface area contributed by atoms with Crippen LogP contribution in [0.5, 0.6) is 0 Å². The average molecular weight is 246 g/mol. The fourth-order valence-electron chi connectivity index (χ4n) is 2.59. The van der Waals surface area contributed by atoms with Crippen LogP contribution in [0.1, 0.15) is 44.6 Å². The standard InChI is InChI=1S/C15H22N2O/c1-11-10-12(6-7-13(11)16)17-14(18)15(2)8-4-3-5-9-15/h6-7,10H,3-5,8-9,16H2,1-2H3,(H,17,18). The summed E-state index contributed by atoms with van der Waals surface area (Å²) < 4.78 is 0. The number of carbonyl (C=O) groups excluding carboxylic acids is 1. The van der Waals surface area contributed by atoms with E-state index >= 15 is 0 Å². The Morgan fingerprint density at radius 2 is 1.94 bits per heavy atom. The molecular weight excluding hydrogens is 224 g/mol. The minimum absolute atomic E-state index is 0.145. The topological polar surface area (TPSA) is 55.1 Å². The van der Waals surface area contributed by atoms with Crippen LogP contribution in [0.4, 0.5) is 11.4 Å². The molecule has 0 heterocycles. The number of nitrogens with one attached hydrogen (secondary N) is 1. The molecule has 1 aliphatic carbocycles. The molecule has 1 aromatic carbocycles. The Labute approximate surface area is 109 Å². The van der Waals surface area contributed by atoms with Crippen molar-refractivity contribution in [1.29, 1.82) is 0 Å². The van der Waals surface area contributed by atoms with Crippen molar-refractivity contribution in [2.75, 3.05) is 11.1 Å². The van der Waals surface area contributed by atoms with Crippen LogP contribution in [0.2, 0.25) is 0 Å². The number of hydrogen-bond acceptors (Lipinski definition) is 2. The van der Waals surface area contributed by atoms with Crippen LogP contribution in [0.3, 0.4) is 0 Å². The first-order valence-electron chi connectivity index (χ1n) is 6.69. The lowest BCUT2D eigenvalue weighted by Gasteiger charge is -2.32. The largest absolute Gasteiger partial charge is 0.399 e. The van der Waals surface area contributed by atoms with Gasteiger partial charge in [-0.3, -0.25) is 4.79 Å². The van der Waals surface area contributed by atoms with Crippen LogP contribution in [0.15, 0.2) is 18.2 Å². The zero-order chi connectivity index (χ0) is 13.2. The highest BCUT2D eigenvalue weighted by molar-refractivity contribution is 5.95. The Bertz CT molecular complexity index is 448. The van der Waals surface area contributed by atoms with Gasteiger partial charge in [-0.15, -0.1) is 0 Å². The van der Waals surface area contributed by atoms with E-state index in [0.29, 0.717) is 0 Å². The van der Waals surface area contributed by atoms with Gasteiger partial charge in [-0.2, -0.15) is 0 Å². The first-order chi connectivity index (χ1) is 8.51. The van der Waals surface area contributed by atoms with E-state index in [-0.39, 0.29) is 11.3 Å². The maximum atomic E-state index is 12.3. The molecule has 0 saturated heterocycles. The average Bonchev–Trinajstić information content (AvgIpc) is 2.35. The highest BCUT2D eigenvalue weighted by atomic mass is 16.2. The molecule has 2 rings (SSSR count). The zero-order valence-electron chi connectivity index (χ0n) is 11.3. The first kappa shape index (κ1) is 12.9. The van der Waals surface area contributed by atoms with Gasteiger partial charge < -0.3 is 11.1 Å². The molecule has 0 atom stereocenters. The van der Waals surface area contributed by atoms with Crippen LogP contribution in [0.25, 0.3) is 0 Å². The van der Waals surface area contributed by atoms with E-state index in [0.717, 1.165) is 42.6 Å². The Kier molecular flexibility index (Phi) is 3.60. The summed E-state index contributed by atoms with van der Waals surface area (Å²) in [7, 11) is 0. The second-order valence-corrected chi connectivity index (χ2v) is 5.65. The summed E-state index contributed by atoms with van der Waals surface area (Å²) in [6.45, 7) is 4.03. The number of hydrogen-bond donors (Lipinski definition) is 2. The van der Waals surface area contributed by atoms with Crippen LogP contribution in [-0.2, 0) is 4.79 Å². The lowest BCUT2D eigenvalue weighted by molar-refractivity contribution is -0.126. The second-order valence-electron chi connectivity index (χ2n) is 5.65. The molecule has 1 saturated carbocycles. The summed E-state index contributed by atoms with van der Waals surface area (Å²) in [5.41, 5.74) is 8.18. The Morgan fingerprint density at radius 1 is 1.28 bits per heavy atom. The normalized spacial score (nSPS) is 18.3. The molecule has 0 spiro atoms. The van der Waals surface area contributed by atoms with E-state index in [1.807, 2.05) is 25.1 Å². The van der Waals surface area contributed by atoms with Gasteiger partial charge in [-0.1, -0.05) is 26.2 Å². The molecule has 1 amide bonds. The maximum absolute atomic E-state index is 12.3. The Balaban J connectivity index is 2.08. The quantitative estimate of drug-likeness (QED) is 0.785. The predicted molar refractivity (Wildman–Crippen MR) is 75.4 cm³/mol. The minimum atomic E-state index is -0.201. The number of nitrogen functional groups attached to an aromatic ring is 1. The smallest absolute Gasteiger partial charge is 0.230 e. The lowest BCUT2D eigenvalue weighted by Crippen LogP contribution is -2.35. The monoisotopic (exact) mass is 246 g/mol. The fraction of sp³-hybridized carbons (Fsp3) is 0.533. The summed E-state index contributed by atoms with van der Waals surface area (Å²) in [5, 5.41) is 3.03. The molecule has 1 fully saturated rings. The van der Waals surface area contributed by atoms with Crippen molar-refractivity contribution < 1.29 is 4.79 Å². The van der Waals surface area contributed by atoms with Crippen LogP contribution in [0, 0.1) is 12.3 Å². The van der Waals surface area contributed by atoms with Crippen molar-refractivity contribution in [1.82, 2.24) is 0 Å². The Morgan fingerprint density at radius 3 is 2.56 bits per heavy atom. The molecular formula is C15H22N2O. The summed E-state index contributed by atoms with van der Waals surface area (Å²) in [4.78, 5) is 12.3. The van der Waals surface area contributed by atoms with Gasteiger partial charge in [0.15, 0.2) is 0 Å². The van der Waals surface area contributed by atoms with Gasteiger partial charge in [0.05, 0.1) is 0 Å². The van der Waals surface area contributed by atoms with Crippen LogP contribution < -0.4 is 11.1 Å². The fourth-order valence-corrected chi connectivity index (χ4v) is 2.59. The van der Waals surface area contributed by atoms with E-state index in [9.17, 15) is 4.79 Å². The number of rotatable bonds is 2. The summed E-state index contributed by atoms with van der Waals surface area (Å²) in [6.07, 6.45) is 5.55. The van der Waals surface area contributed by atoms with Gasteiger partial charge in [0.1, 0.15) is 0 Å². The minimum Gasteiger partial charge on any atom is -0.399 e. The summed E-state index contributed by atoms with van der Waals surface area (Å²) >= 11 is 0. The molecule has 18 heavy (non-hydrogen) atoms. The van der Waals surface area contributed by atoms with Crippen molar-refractivity contribution in [3.05, 3.63) is 23.8 Å². The third kappa shape index (κ3) is 2.66. The number of anilines is 2. The number of amides is 1. The molecule has 1 aromatic rings. The van der Waals surface area contributed by atoms with Crippen molar-refractivity contribution >= 4 is 17.3 Å². The van der Waals surface area contributed by atoms with Crippen molar-refractivity contribution in [3.8, 4) is 0 Å². The number of benzene rings is 1. The highest BCUT2D eigenvalue weighted by Gasteiger charge is 2.34. The molecule has 0 radical (unpaired) electrons. The molecule has 3 nitrogen and oxygen atoms in total. The second kappa shape index (κ2) is 5.01. The van der Waals surface area contributed by atoms with Crippen LogP contribution in [-0.4, -0.2) is 5.91 Å². The molecule has 0 aliphatic heterocycles. The third-order valence-electron chi connectivity index (χ3n) is 4.03. The van der Waals surface area contributed by atoms with E-state index in [1.54, 1.807) is 0 Å². The molecule has 98 valence electrons. The summed E-state index contributed by atoms with van der Waals surface area (Å²) in [5.74, 6) is 0.145. The van der Waals surface area contributed by atoms with Gasteiger partial charge in [0, 0.05) is 16.8 Å². The van der Waals surface area contributed by atoms with Crippen molar-refractivity contribution in [2.24, 2.45) is 5.41 Å². The van der Waals surface area contributed by atoms with Gasteiger partial charge in [0.2, 0.25) is 5.91 Å². The third-order valence-corrected chi connectivity index (χ3v) is 4.03. The maximum Gasteiger partial charge on any atom is 0.230 e. The van der Waals surface area contributed by atoms with E-state index in [2.05, 4.69) is 12.2 Å².